The molecule has 0 radical (unpaired) electrons. The van der Waals surface area contributed by atoms with Gasteiger partial charge >= 0.3 is 10.4 Å². The molecule has 0 aromatic carbocycles. The summed E-state index contributed by atoms with van der Waals surface area (Å²) in [7, 11) is -4.51. The number of rotatable bonds is 7. The van der Waals surface area contributed by atoms with Crippen molar-refractivity contribution in [1.82, 2.24) is 0 Å². The van der Waals surface area contributed by atoms with Crippen molar-refractivity contribution in [3.63, 3.8) is 0 Å². The van der Waals surface area contributed by atoms with Crippen LogP contribution < -0.4 is 0 Å². The van der Waals surface area contributed by atoms with E-state index < -0.39 is 28.2 Å². The van der Waals surface area contributed by atoms with Gasteiger partial charge in [0.05, 0.1) is 17.8 Å². The Morgan fingerprint density at radius 3 is 2.22 bits per heavy atom. The Balaban J connectivity index is 1.53. The van der Waals surface area contributed by atoms with E-state index in [0.29, 0.717) is 37.0 Å². The second-order valence-electron chi connectivity index (χ2n) is 13.9. The normalized spacial score (nSPS) is 45.3. The summed E-state index contributed by atoms with van der Waals surface area (Å²) in [6.07, 6.45) is 5.44. The SMILES string of the molecule is CC(C)[C@H](C)C(=O)C[C@](C)(O)[C@H]1CC[C@H]2[C@@H]3C[C@H](O)[C@H]4C[C@@H](OS(=O)(=O)O)CC[C@]4(C)[C@H]3CC[C@@]21C. The lowest BCUT2D eigenvalue weighted by molar-refractivity contribution is -0.178. The zero-order valence-corrected chi connectivity index (χ0v) is 23.8. The number of hydrogen-bond acceptors (Lipinski definition) is 6. The second kappa shape index (κ2) is 9.58. The van der Waals surface area contributed by atoms with Gasteiger partial charge in [0.1, 0.15) is 5.78 Å². The van der Waals surface area contributed by atoms with Gasteiger partial charge in [-0.1, -0.05) is 34.6 Å². The molecule has 4 fully saturated rings. The summed E-state index contributed by atoms with van der Waals surface area (Å²) in [6, 6.07) is 0. The van der Waals surface area contributed by atoms with Gasteiger partial charge in [-0.15, -0.1) is 0 Å². The Hall–Kier alpha value is -0.540. The van der Waals surface area contributed by atoms with Crippen LogP contribution in [0.5, 0.6) is 0 Å². The first-order chi connectivity index (χ1) is 16.5. The third-order valence-electron chi connectivity index (χ3n) is 11.7. The van der Waals surface area contributed by atoms with Gasteiger partial charge in [-0.3, -0.25) is 9.35 Å². The summed E-state index contributed by atoms with van der Waals surface area (Å²) >= 11 is 0. The molecule has 36 heavy (non-hydrogen) atoms. The molecule has 4 aliphatic rings. The van der Waals surface area contributed by atoms with Gasteiger partial charge in [-0.25, -0.2) is 4.18 Å². The lowest BCUT2D eigenvalue weighted by atomic mass is 9.43. The quantitative estimate of drug-likeness (QED) is 0.406. The fourth-order valence-electron chi connectivity index (χ4n) is 9.55. The van der Waals surface area contributed by atoms with Gasteiger partial charge < -0.3 is 10.2 Å². The Morgan fingerprint density at radius 1 is 1.00 bits per heavy atom. The average molecular weight is 529 g/mol. The molecule has 7 nitrogen and oxygen atoms in total. The molecule has 0 aromatic heterocycles. The predicted octanol–water partition coefficient (Wildman–Crippen LogP) is 4.81. The van der Waals surface area contributed by atoms with E-state index in [9.17, 15) is 23.4 Å². The van der Waals surface area contributed by atoms with E-state index in [0.717, 1.165) is 32.1 Å². The maximum Gasteiger partial charge on any atom is 0.397 e. The average Bonchev–Trinajstić information content (AvgIpc) is 3.11. The van der Waals surface area contributed by atoms with E-state index in [1.807, 2.05) is 13.8 Å². The third-order valence-corrected chi connectivity index (χ3v) is 12.2. The first-order valence-electron chi connectivity index (χ1n) is 14.1. The monoisotopic (exact) mass is 528 g/mol. The van der Waals surface area contributed by atoms with Crippen molar-refractivity contribution >= 4 is 16.2 Å². The van der Waals surface area contributed by atoms with Gasteiger partial charge in [0, 0.05) is 12.3 Å². The molecule has 8 heteroatoms. The van der Waals surface area contributed by atoms with Crippen LogP contribution in [0.25, 0.3) is 0 Å². The number of carbonyl (C=O) groups excluding carboxylic acids is 1. The Kier molecular flexibility index (Phi) is 7.58. The minimum absolute atomic E-state index is 0.0563. The molecule has 0 aliphatic heterocycles. The fraction of sp³-hybridized carbons (Fsp3) is 0.964. The minimum Gasteiger partial charge on any atom is -0.393 e. The van der Waals surface area contributed by atoms with E-state index in [4.69, 9.17) is 8.74 Å². The van der Waals surface area contributed by atoms with Crippen LogP contribution in [0.4, 0.5) is 0 Å². The number of Topliss-reactive ketones (excluding diaryl/α,β-unsaturated/α-hetero) is 1. The molecule has 0 amide bonds. The molecule has 0 spiro atoms. The van der Waals surface area contributed by atoms with Crippen LogP contribution in [0.1, 0.15) is 99.3 Å². The van der Waals surface area contributed by atoms with E-state index in [2.05, 4.69) is 27.7 Å². The molecular formula is C28H48O7S. The van der Waals surface area contributed by atoms with Crippen molar-refractivity contribution in [1.29, 1.82) is 0 Å². The van der Waals surface area contributed by atoms with Crippen molar-refractivity contribution in [2.75, 3.05) is 0 Å². The summed E-state index contributed by atoms with van der Waals surface area (Å²) < 4.78 is 36.7. The van der Waals surface area contributed by atoms with Gasteiger partial charge in [-0.05, 0) is 105 Å². The zero-order valence-electron chi connectivity index (χ0n) is 22.9. The number of hydrogen-bond donors (Lipinski definition) is 3. The van der Waals surface area contributed by atoms with Crippen molar-refractivity contribution < 1.29 is 32.2 Å². The molecule has 0 unspecified atom stereocenters. The first kappa shape index (κ1) is 28.5. The highest BCUT2D eigenvalue weighted by Crippen LogP contribution is 2.68. The van der Waals surface area contributed by atoms with Crippen LogP contribution in [0, 0.1) is 52.3 Å². The van der Waals surface area contributed by atoms with Crippen molar-refractivity contribution in [3.05, 3.63) is 0 Å². The number of aliphatic hydroxyl groups is 2. The zero-order chi connectivity index (χ0) is 26.8. The molecule has 0 heterocycles. The van der Waals surface area contributed by atoms with Crippen LogP contribution in [0.3, 0.4) is 0 Å². The number of aliphatic hydroxyl groups excluding tert-OH is 1. The Bertz CT molecular complexity index is 946. The molecule has 3 N–H and O–H groups in total. The summed E-state index contributed by atoms with van der Waals surface area (Å²) in [5.74, 6) is 1.51. The molecule has 208 valence electrons. The van der Waals surface area contributed by atoms with E-state index in [1.54, 1.807) is 0 Å². The fourth-order valence-corrected chi connectivity index (χ4v) is 10.1. The van der Waals surface area contributed by atoms with Gasteiger partial charge in [0.2, 0.25) is 0 Å². The molecule has 4 aliphatic carbocycles. The highest BCUT2D eigenvalue weighted by atomic mass is 32.3. The second-order valence-corrected chi connectivity index (χ2v) is 15.0. The van der Waals surface area contributed by atoms with Crippen molar-refractivity contribution in [2.45, 2.75) is 117 Å². The van der Waals surface area contributed by atoms with Crippen LogP contribution in [-0.4, -0.2) is 46.8 Å². The summed E-state index contributed by atoms with van der Waals surface area (Å²) in [6.45, 7) is 12.5. The maximum atomic E-state index is 12.9. The molecule has 0 saturated heterocycles. The van der Waals surface area contributed by atoms with E-state index in [-0.39, 0.29) is 46.7 Å². The highest BCUT2D eigenvalue weighted by Gasteiger charge is 2.64. The lowest BCUT2D eigenvalue weighted by Gasteiger charge is -2.62. The Labute approximate surface area is 217 Å². The molecular weight excluding hydrogens is 480 g/mol. The molecule has 4 saturated carbocycles. The molecule has 4 rings (SSSR count). The summed E-state index contributed by atoms with van der Waals surface area (Å²) in [5, 5.41) is 23.0. The van der Waals surface area contributed by atoms with Gasteiger partial charge in [0.15, 0.2) is 0 Å². The topological polar surface area (TPSA) is 121 Å². The standard InChI is InChI=1S/C28H48O7S/c1-16(2)17(3)24(30)15-28(6,31)25-8-7-20-19-14-23(29)22-13-18(35-36(32,33)34)9-11-26(22,4)21(19)10-12-27(20,25)5/h16-23,25,29,31H,7-15H2,1-6H3,(H,32,33,34)/t17-,18-,19-,20-,21-,22+,23-,25-,26+,27-,28-/m0/s1. The molecule has 0 bridgehead atoms. The number of fused-ring (bicyclic) bond motifs is 5. The van der Waals surface area contributed by atoms with Crippen LogP contribution in [0.2, 0.25) is 0 Å². The highest BCUT2D eigenvalue weighted by molar-refractivity contribution is 7.80. The molecule has 11 atom stereocenters. The largest absolute Gasteiger partial charge is 0.397 e. The maximum absolute atomic E-state index is 12.9. The van der Waals surface area contributed by atoms with Crippen LogP contribution in [-0.2, 0) is 19.4 Å². The smallest absolute Gasteiger partial charge is 0.393 e. The molecule has 0 aromatic rings. The summed E-state index contributed by atoms with van der Waals surface area (Å²) in [4.78, 5) is 12.9. The van der Waals surface area contributed by atoms with E-state index in [1.165, 1.54) is 0 Å². The Morgan fingerprint density at radius 2 is 1.61 bits per heavy atom. The van der Waals surface area contributed by atoms with E-state index >= 15 is 0 Å². The number of ketones is 1. The third kappa shape index (κ3) is 4.94. The van der Waals surface area contributed by atoms with Gasteiger partial charge in [0.25, 0.3) is 0 Å². The van der Waals surface area contributed by atoms with Crippen molar-refractivity contribution in [2.24, 2.45) is 52.3 Å². The van der Waals surface area contributed by atoms with Crippen LogP contribution >= 0.6 is 0 Å². The number of carbonyl (C=O) groups is 1. The lowest BCUT2D eigenvalue weighted by Crippen LogP contribution is -2.59. The van der Waals surface area contributed by atoms with Gasteiger partial charge in [-0.2, -0.15) is 8.42 Å². The van der Waals surface area contributed by atoms with Crippen molar-refractivity contribution in [3.8, 4) is 0 Å². The predicted molar refractivity (Wildman–Crippen MR) is 137 cm³/mol. The minimum atomic E-state index is -4.51. The first-order valence-corrected chi connectivity index (χ1v) is 15.4. The summed E-state index contributed by atoms with van der Waals surface area (Å²) in [5.41, 5.74) is -1.21. The van der Waals surface area contributed by atoms with Crippen LogP contribution in [0.15, 0.2) is 0 Å².